The van der Waals surface area contributed by atoms with Crippen molar-refractivity contribution >= 4 is 22.4 Å². The third-order valence-corrected chi connectivity index (χ3v) is 4.69. The molecule has 0 fully saturated rings. The summed E-state index contributed by atoms with van der Waals surface area (Å²) in [7, 11) is 1.62. The monoisotopic (exact) mass is 387 g/mol. The van der Waals surface area contributed by atoms with Gasteiger partial charge < -0.3 is 14.6 Å². The number of aromatic nitrogens is 4. The van der Waals surface area contributed by atoms with Gasteiger partial charge in [-0.2, -0.15) is 4.98 Å². The minimum absolute atomic E-state index is 0.0934. The summed E-state index contributed by atoms with van der Waals surface area (Å²) in [6, 6.07) is 7.43. The molecule has 8 nitrogen and oxygen atoms in total. The Morgan fingerprint density at radius 2 is 2.04 bits per heavy atom. The van der Waals surface area contributed by atoms with Crippen molar-refractivity contribution in [2.45, 2.75) is 39.0 Å². The summed E-state index contributed by atoms with van der Waals surface area (Å²) in [6.45, 7) is 2.08. The quantitative estimate of drug-likeness (QED) is 0.599. The first-order chi connectivity index (χ1) is 13.2. The fraction of sp³-hybridized carbons (Fsp3) is 0.389. The van der Waals surface area contributed by atoms with Crippen molar-refractivity contribution in [1.29, 1.82) is 0 Å². The van der Waals surface area contributed by atoms with Gasteiger partial charge in [0.25, 0.3) is 0 Å². The average Bonchev–Trinajstić information content (AvgIpc) is 3.32. The Hall–Kier alpha value is -2.81. The normalized spacial score (nSPS) is 10.7. The summed E-state index contributed by atoms with van der Waals surface area (Å²) >= 11 is 1.42. The Kier molecular flexibility index (Phi) is 6.48. The van der Waals surface area contributed by atoms with Gasteiger partial charge in [-0.3, -0.25) is 4.79 Å². The molecule has 2 aromatic heterocycles. The highest BCUT2D eigenvalue weighted by atomic mass is 32.1. The molecule has 3 aromatic rings. The van der Waals surface area contributed by atoms with Crippen molar-refractivity contribution in [3.63, 3.8) is 0 Å². The molecular formula is C18H21N5O3S. The van der Waals surface area contributed by atoms with Crippen molar-refractivity contribution in [2.75, 3.05) is 12.4 Å². The van der Waals surface area contributed by atoms with E-state index in [4.69, 9.17) is 9.26 Å². The number of carbonyl (C=O) groups is 1. The fourth-order valence-electron chi connectivity index (χ4n) is 2.41. The van der Waals surface area contributed by atoms with Crippen LogP contribution in [-0.2, 0) is 17.6 Å². The van der Waals surface area contributed by atoms with Gasteiger partial charge in [-0.25, -0.2) is 0 Å². The molecule has 0 atom stereocenters. The number of nitrogens with one attached hydrogen (secondary N) is 1. The summed E-state index contributed by atoms with van der Waals surface area (Å²) in [4.78, 5) is 16.4. The summed E-state index contributed by atoms with van der Waals surface area (Å²) in [5.41, 5.74) is 0.850. The molecule has 2 heterocycles. The molecule has 0 aliphatic carbocycles. The van der Waals surface area contributed by atoms with Crippen LogP contribution in [0.1, 0.15) is 37.1 Å². The molecule has 9 heteroatoms. The van der Waals surface area contributed by atoms with E-state index < -0.39 is 0 Å². The Morgan fingerprint density at radius 3 is 2.78 bits per heavy atom. The molecule has 0 unspecified atom stereocenters. The number of hydrogen-bond donors (Lipinski definition) is 1. The van der Waals surface area contributed by atoms with Gasteiger partial charge in [-0.15, -0.1) is 10.2 Å². The first-order valence-corrected chi connectivity index (χ1v) is 9.59. The second kappa shape index (κ2) is 9.22. The molecule has 0 saturated carbocycles. The number of ether oxygens (including phenoxy) is 1. The number of aryl methyl sites for hydroxylation is 2. The first-order valence-electron chi connectivity index (χ1n) is 8.77. The van der Waals surface area contributed by atoms with Crippen LogP contribution in [0.3, 0.4) is 0 Å². The van der Waals surface area contributed by atoms with Crippen LogP contribution in [0.5, 0.6) is 5.75 Å². The van der Waals surface area contributed by atoms with Crippen LogP contribution in [0, 0.1) is 0 Å². The van der Waals surface area contributed by atoms with E-state index in [1.165, 1.54) is 11.3 Å². The van der Waals surface area contributed by atoms with Gasteiger partial charge in [-0.05, 0) is 37.1 Å². The first kappa shape index (κ1) is 19.0. The summed E-state index contributed by atoms with van der Waals surface area (Å²) in [6.07, 6.45) is 3.37. The number of hydrogen-bond acceptors (Lipinski definition) is 8. The standard InChI is InChI=1S/C18H21N5O3S/c1-3-5-16-21-22-18(27-16)19-14(24)6-4-7-15-20-17(23-26-15)12-8-10-13(25-2)11-9-12/h8-11H,3-7H2,1-2H3,(H,19,22,24). The van der Waals surface area contributed by atoms with Gasteiger partial charge in [0.2, 0.25) is 22.8 Å². The van der Waals surface area contributed by atoms with Crippen molar-refractivity contribution in [2.24, 2.45) is 0 Å². The Morgan fingerprint density at radius 1 is 1.22 bits per heavy atom. The minimum Gasteiger partial charge on any atom is -0.497 e. The molecule has 0 aliphatic heterocycles. The van der Waals surface area contributed by atoms with Crippen LogP contribution in [0.4, 0.5) is 5.13 Å². The van der Waals surface area contributed by atoms with Crippen molar-refractivity contribution < 1.29 is 14.1 Å². The van der Waals surface area contributed by atoms with Crippen LogP contribution < -0.4 is 10.1 Å². The summed E-state index contributed by atoms with van der Waals surface area (Å²) < 4.78 is 10.4. The Bertz CT molecular complexity index is 875. The van der Waals surface area contributed by atoms with Crippen LogP contribution >= 0.6 is 11.3 Å². The topological polar surface area (TPSA) is 103 Å². The SMILES string of the molecule is CCCc1nnc(NC(=O)CCCc2nc(-c3ccc(OC)cc3)no2)s1. The molecule has 1 N–H and O–H groups in total. The maximum atomic E-state index is 12.0. The number of methoxy groups -OCH3 is 1. The van der Waals surface area contributed by atoms with E-state index in [1.807, 2.05) is 24.3 Å². The fourth-order valence-corrected chi connectivity index (χ4v) is 3.27. The third-order valence-electron chi connectivity index (χ3n) is 3.79. The molecule has 0 saturated heterocycles. The summed E-state index contributed by atoms with van der Waals surface area (Å²) in [5.74, 6) is 1.71. The number of benzene rings is 1. The average molecular weight is 387 g/mol. The second-order valence-electron chi connectivity index (χ2n) is 5.89. The lowest BCUT2D eigenvalue weighted by molar-refractivity contribution is -0.116. The molecule has 0 radical (unpaired) electrons. The van der Waals surface area contributed by atoms with E-state index in [2.05, 4.69) is 32.6 Å². The van der Waals surface area contributed by atoms with E-state index in [0.717, 1.165) is 29.2 Å². The number of nitrogens with zero attached hydrogens (tertiary/aromatic N) is 4. The lowest BCUT2D eigenvalue weighted by atomic mass is 10.2. The van der Waals surface area contributed by atoms with Crippen LogP contribution in [0.25, 0.3) is 11.4 Å². The number of amides is 1. The minimum atomic E-state index is -0.0934. The zero-order chi connectivity index (χ0) is 19.1. The van der Waals surface area contributed by atoms with Crippen molar-refractivity contribution in [1.82, 2.24) is 20.3 Å². The highest BCUT2D eigenvalue weighted by molar-refractivity contribution is 7.15. The molecule has 0 bridgehead atoms. The van der Waals surface area contributed by atoms with E-state index in [9.17, 15) is 4.79 Å². The van der Waals surface area contributed by atoms with Crippen LogP contribution in [-0.4, -0.2) is 33.4 Å². The molecule has 0 aliphatic rings. The maximum absolute atomic E-state index is 12.0. The highest BCUT2D eigenvalue weighted by Crippen LogP contribution is 2.20. The van der Waals surface area contributed by atoms with E-state index in [-0.39, 0.29) is 5.91 Å². The highest BCUT2D eigenvalue weighted by Gasteiger charge is 2.11. The number of anilines is 1. The van der Waals surface area contributed by atoms with E-state index >= 15 is 0 Å². The van der Waals surface area contributed by atoms with Gasteiger partial charge in [0, 0.05) is 24.8 Å². The molecule has 27 heavy (non-hydrogen) atoms. The predicted molar refractivity (Wildman–Crippen MR) is 102 cm³/mol. The van der Waals surface area contributed by atoms with E-state index in [0.29, 0.717) is 36.1 Å². The molecule has 0 spiro atoms. The van der Waals surface area contributed by atoms with Gasteiger partial charge in [-0.1, -0.05) is 23.4 Å². The van der Waals surface area contributed by atoms with Gasteiger partial charge in [0.15, 0.2) is 0 Å². The molecule has 1 amide bonds. The lowest BCUT2D eigenvalue weighted by Crippen LogP contribution is -2.11. The van der Waals surface area contributed by atoms with Crippen LogP contribution in [0.2, 0.25) is 0 Å². The summed E-state index contributed by atoms with van der Waals surface area (Å²) in [5, 5.41) is 16.3. The molecule has 142 valence electrons. The number of rotatable bonds is 9. The molecular weight excluding hydrogens is 366 g/mol. The Balaban J connectivity index is 1.46. The zero-order valence-corrected chi connectivity index (χ0v) is 16.1. The molecule has 3 rings (SSSR count). The largest absolute Gasteiger partial charge is 0.497 e. The number of carbonyl (C=O) groups excluding carboxylic acids is 1. The lowest BCUT2D eigenvalue weighted by Gasteiger charge is -1.99. The van der Waals surface area contributed by atoms with Crippen molar-refractivity contribution in [3.05, 3.63) is 35.2 Å². The van der Waals surface area contributed by atoms with Gasteiger partial charge in [0.1, 0.15) is 10.8 Å². The molecule has 1 aromatic carbocycles. The van der Waals surface area contributed by atoms with E-state index in [1.54, 1.807) is 7.11 Å². The van der Waals surface area contributed by atoms with Gasteiger partial charge >= 0.3 is 0 Å². The maximum Gasteiger partial charge on any atom is 0.226 e. The van der Waals surface area contributed by atoms with Crippen molar-refractivity contribution in [3.8, 4) is 17.1 Å². The Labute approximate surface area is 161 Å². The second-order valence-corrected chi connectivity index (χ2v) is 6.95. The van der Waals surface area contributed by atoms with Crippen LogP contribution in [0.15, 0.2) is 28.8 Å². The smallest absolute Gasteiger partial charge is 0.226 e. The van der Waals surface area contributed by atoms with Gasteiger partial charge in [0.05, 0.1) is 7.11 Å². The predicted octanol–water partition coefficient (Wildman–Crippen LogP) is 3.51. The third kappa shape index (κ3) is 5.33. The zero-order valence-electron chi connectivity index (χ0n) is 15.3.